The van der Waals surface area contributed by atoms with E-state index in [1.165, 1.54) is 10.6 Å². The van der Waals surface area contributed by atoms with Crippen LogP contribution in [-0.2, 0) is 17.6 Å². The molecule has 0 saturated carbocycles. The number of pyridine rings is 1. The van der Waals surface area contributed by atoms with Gasteiger partial charge < -0.3 is 4.74 Å². The van der Waals surface area contributed by atoms with Crippen molar-refractivity contribution in [3.63, 3.8) is 0 Å². The summed E-state index contributed by atoms with van der Waals surface area (Å²) >= 11 is 1.68. The molecule has 0 aliphatic rings. The molecule has 7 nitrogen and oxygen atoms in total. The molecule has 3 aromatic heterocycles. The number of rotatable bonds is 5. The molecule has 0 aromatic carbocycles. The van der Waals surface area contributed by atoms with E-state index in [2.05, 4.69) is 34.5 Å². The zero-order valence-electron chi connectivity index (χ0n) is 17.4. The molecule has 0 spiro atoms. The minimum Gasteiger partial charge on any atom is -0.444 e. The highest BCUT2D eigenvalue weighted by molar-refractivity contribution is 7.09. The second-order valence-corrected chi connectivity index (χ2v) is 9.13. The number of nitrogens with one attached hydrogen (secondary N) is 1. The first-order valence-electron chi connectivity index (χ1n) is 9.57. The topological polar surface area (TPSA) is 85.6 Å². The molecule has 8 heteroatoms. The van der Waals surface area contributed by atoms with E-state index in [-0.39, 0.29) is 11.2 Å². The van der Waals surface area contributed by atoms with Gasteiger partial charge in [-0.25, -0.2) is 14.8 Å². The van der Waals surface area contributed by atoms with Crippen molar-refractivity contribution in [1.29, 1.82) is 0 Å². The molecule has 1 amide bonds. The maximum atomic E-state index is 12.6. The van der Waals surface area contributed by atoms with Gasteiger partial charge in [-0.3, -0.25) is 14.5 Å². The fourth-order valence-electron chi connectivity index (χ4n) is 2.73. The molecule has 0 atom stereocenters. The van der Waals surface area contributed by atoms with Crippen LogP contribution in [-0.4, -0.2) is 26.1 Å². The highest BCUT2D eigenvalue weighted by atomic mass is 32.1. The molecule has 0 radical (unpaired) electrons. The molecule has 1 N–H and O–H groups in total. The van der Waals surface area contributed by atoms with E-state index in [9.17, 15) is 9.59 Å². The number of thiazole rings is 1. The van der Waals surface area contributed by atoms with Crippen molar-refractivity contribution in [2.24, 2.45) is 0 Å². The van der Waals surface area contributed by atoms with Crippen LogP contribution >= 0.6 is 11.3 Å². The SMILES string of the molecule is CC(C)c1csc(CCc2ccn3c(=O)c(NC(=O)OC(C)(C)C)cnc3c2)n1. The quantitative estimate of drug-likeness (QED) is 0.668. The lowest BCUT2D eigenvalue weighted by Crippen LogP contribution is -2.30. The van der Waals surface area contributed by atoms with Gasteiger partial charge in [0.1, 0.15) is 16.9 Å². The van der Waals surface area contributed by atoms with Crippen molar-refractivity contribution in [2.45, 2.75) is 59.0 Å². The van der Waals surface area contributed by atoms with E-state index in [0.29, 0.717) is 11.6 Å². The maximum absolute atomic E-state index is 12.6. The highest BCUT2D eigenvalue weighted by Gasteiger charge is 2.18. The molecular formula is C21H26N4O3S. The number of amides is 1. The number of nitrogens with zero attached hydrogens (tertiary/aromatic N) is 3. The van der Waals surface area contributed by atoms with Crippen LogP contribution in [0.25, 0.3) is 5.65 Å². The van der Waals surface area contributed by atoms with Crippen LogP contribution in [0.15, 0.2) is 34.7 Å². The van der Waals surface area contributed by atoms with Crippen LogP contribution in [0.1, 0.15) is 56.8 Å². The fraction of sp³-hybridized carbons (Fsp3) is 0.429. The van der Waals surface area contributed by atoms with Gasteiger partial charge in [-0.1, -0.05) is 13.8 Å². The van der Waals surface area contributed by atoms with Crippen LogP contribution in [0, 0.1) is 0 Å². The number of ether oxygens (including phenoxy) is 1. The average Bonchev–Trinajstić information content (AvgIpc) is 3.10. The number of hydrogen-bond donors (Lipinski definition) is 1. The van der Waals surface area contributed by atoms with E-state index >= 15 is 0 Å². The first-order chi connectivity index (χ1) is 13.6. The van der Waals surface area contributed by atoms with E-state index in [1.54, 1.807) is 38.3 Å². The van der Waals surface area contributed by atoms with E-state index in [1.807, 2.05) is 12.1 Å². The van der Waals surface area contributed by atoms with Crippen molar-refractivity contribution in [3.05, 3.63) is 56.5 Å². The molecule has 0 saturated heterocycles. The first kappa shape index (κ1) is 21.0. The number of aryl methyl sites for hydroxylation is 2. The van der Waals surface area contributed by atoms with Crippen LogP contribution in [0.3, 0.4) is 0 Å². The smallest absolute Gasteiger partial charge is 0.412 e. The Kier molecular flexibility index (Phi) is 6.02. The van der Waals surface area contributed by atoms with E-state index in [0.717, 1.165) is 29.1 Å². The normalized spacial score (nSPS) is 11.8. The van der Waals surface area contributed by atoms with Crippen molar-refractivity contribution in [2.75, 3.05) is 5.32 Å². The second-order valence-electron chi connectivity index (χ2n) is 8.19. The monoisotopic (exact) mass is 414 g/mol. The molecule has 0 aliphatic heterocycles. The lowest BCUT2D eigenvalue weighted by Gasteiger charge is -2.19. The molecule has 0 aliphatic carbocycles. The number of anilines is 1. The molecule has 0 fully saturated rings. The summed E-state index contributed by atoms with van der Waals surface area (Å²) in [6.45, 7) is 9.55. The Hall–Kier alpha value is -2.74. The summed E-state index contributed by atoms with van der Waals surface area (Å²) in [5.74, 6) is 0.431. The maximum Gasteiger partial charge on any atom is 0.412 e. The summed E-state index contributed by atoms with van der Waals surface area (Å²) in [5.41, 5.74) is 1.81. The van der Waals surface area contributed by atoms with Crippen molar-refractivity contribution >= 4 is 28.8 Å². The predicted octanol–water partition coefficient (Wildman–Crippen LogP) is 4.41. The van der Waals surface area contributed by atoms with Gasteiger partial charge >= 0.3 is 6.09 Å². The Balaban J connectivity index is 1.73. The Morgan fingerprint density at radius 1 is 1.31 bits per heavy atom. The third-order valence-electron chi connectivity index (χ3n) is 4.20. The van der Waals surface area contributed by atoms with Crippen LogP contribution < -0.4 is 10.9 Å². The minimum atomic E-state index is -0.683. The average molecular weight is 415 g/mol. The standard InChI is InChI=1S/C21H26N4O3S/c1-13(2)16-12-29-18(23-16)7-6-14-8-9-25-17(10-14)22-11-15(19(25)26)24-20(27)28-21(3,4)5/h8-13H,6-7H2,1-5H3,(H,24,27). The molecule has 0 unspecified atom stereocenters. The van der Waals surface area contributed by atoms with E-state index < -0.39 is 11.7 Å². The zero-order valence-corrected chi connectivity index (χ0v) is 18.2. The summed E-state index contributed by atoms with van der Waals surface area (Å²) in [6, 6.07) is 3.78. The van der Waals surface area contributed by atoms with Gasteiger partial charge in [-0.2, -0.15) is 0 Å². The Morgan fingerprint density at radius 2 is 2.07 bits per heavy atom. The Bertz CT molecular complexity index is 1080. The third kappa shape index (κ3) is 5.41. The number of carbonyl (C=O) groups is 1. The molecule has 3 aromatic rings. The van der Waals surface area contributed by atoms with Crippen molar-refractivity contribution in [3.8, 4) is 0 Å². The molecule has 29 heavy (non-hydrogen) atoms. The van der Waals surface area contributed by atoms with E-state index in [4.69, 9.17) is 4.74 Å². The Labute approximate surface area is 173 Å². The highest BCUT2D eigenvalue weighted by Crippen LogP contribution is 2.19. The van der Waals surface area contributed by atoms with Crippen molar-refractivity contribution in [1.82, 2.24) is 14.4 Å². The number of carbonyl (C=O) groups excluding carboxylic acids is 1. The summed E-state index contributed by atoms with van der Waals surface area (Å²) < 4.78 is 6.60. The van der Waals surface area contributed by atoms with Gasteiger partial charge in [-0.15, -0.1) is 11.3 Å². The first-order valence-corrected chi connectivity index (χ1v) is 10.4. The number of hydrogen-bond acceptors (Lipinski definition) is 6. The molecule has 3 rings (SSSR count). The van der Waals surface area contributed by atoms with Gasteiger partial charge in [-0.05, 0) is 50.8 Å². The molecule has 0 bridgehead atoms. The van der Waals surface area contributed by atoms with Crippen LogP contribution in [0.4, 0.5) is 10.5 Å². The van der Waals surface area contributed by atoms with Gasteiger partial charge in [0, 0.05) is 18.0 Å². The second kappa shape index (κ2) is 8.32. The summed E-state index contributed by atoms with van der Waals surface area (Å²) in [6.07, 6.45) is 4.02. The van der Waals surface area contributed by atoms with Gasteiger partial charge in [0.05, 0.1) is 16.9 Å². The van der Waals surface area contributed by atoms with Crippen LogP contribution in [0.5, 0.6) is 0 Å². The molecule has 154 valence electrons. The minimum absolute atomic E-state index is 0.0773. The summed E-state index contributed by atoms with van der Waals surface area (Å²) in [7, 11) is 0. The summed E-state index contributed by atoms with van der Waals surface area (Å²) in [4.78, 5) is 33.5. The third-order valence-corrected chi connectivity index (χ3v) is 5.13. The molecule has 3 heterocycles. The van der Waals surface area contributed by atoms with Crippen molar-refractivity contribution < 1.29 is 9.53 Å². The van der Waals surface area contributed by atoms with Gasteiger partial charge in [0.2, 0.25) is 0 Å². The lowest BCUT2D eigenvalue weighted by molar-refractivity contribution is 0.0635. The van der Waals surface area contributed by atoms with Gasteiger partial charge in [0.25, 0.3) is 5.56 Å². The van der Waals surface area contributed by atoms with Crippen LogP contribution in [0.2, 0.25) is 0 Å². The largest absolute Gasteiger partial charge is 0.444 e. The number of fused-ring (bicyclic) bond motifs is 1. The zero-order chi connectivity index (χ0) is 21.2. The molecular weight excluding hydrogens is 388 g/mol. The lowest BCUT2D eigenvalue weighted by atomic mass is 10.1. The fourth-order valence-corrected chi connectivity index (χ4v) is 3.69. The number of aromatic nitrogens is 3. The Morgan fingerprint density at radius 3 is 2.72 bits per heavy atom. The van der Waals surface area contributed by atoms with Gasteiger partial charge in [0.15, 0.2) is 0 Å². The predicted molar refractivity (Wildman–Crippen MR) is 115 cm³/mol. The summed E-state index contributed by atoms with van der Waals surface area (Å²) in [5, 5.41) is 5.69.